The SMILES string of the molecule is CC1(C)[C@@H](O)CC[C@]2(C)[C@H]3CC[C@@H]4[C@H]5C6OC[C@]5(CC[C@@]4(C)[C@]3(C)C[C@H](O[C@@H]3O[C@H](CO)[C@@H](O)[C@H](O)[C@H]3O)[C@@H]12)CC6O. The summed E-state index contributed by atoms with van der Waals surface area (Å²) in [4.78, 5) is 0. The molecule has 0 aromatic rings. The van der Waals surface area contributed by atoms with Crippen LogP contribution in [-0.4, -0.2) is 99.0 Å². The first-order valence-electron chi connectivity index (χ1n) is 16.6. The van der Waals surface area contributed by atoms with Gasteiger partial charge in [-0.1, -0.05) is 34.6 Å². The van der Waals surface area contributed by atoms with Gasteiger partial charge < -0.3 is 44.8 Å². The van der Waals surface area contributed by atoms with Crippen molar-refractivity contribution in [2.75, 3.05) is 13.2 Å². The van der Waals surface area contributed by atoms with Crippen molar-refractivity contribution in [1.29, 1.82) is 0 Å². The van der Waals surface area contributed by atoms with Crippen LogP contribution in [-0.2, 0) is 14.2 Å². The standard InChI is InChI=1S/C33H54O9/c1-29(2)21(36)8-9-30(3)20-7-6-16-22-26-17(35)12-33(22,15-40-26)11-10-31(16,4)32(20,5)13-18(27(29)30)41-28-25(39)24(38)23(37)19(14-34)42-28/h16-28,34-39H,6-15H2,1-5H3/t16-,17?,18+,19-,20-,21+,22+,23-,24+,25-,26?,27+,28-,30-,31-,32-,33+/m1/s1. The number of ether oxygens (including phenoxy) is 3. The fourth-order valence-electron chi connectivity index (χ4n) is 13.0. The quantitative estimate of drug-likeness (QED) is 0.270. The van der Waals surface area contributed by atoms with E-state index in [1.54, 1.807) is 0 Å². The monoisotopic (exact) mass is 594 g/mol. The molecule has 2 aliphatic heterocycles. The highest BCUT2D eigenvalue weighted by molar-refractivity contribution is 5.23. The van der Waals surface area contributed by atoms with Crippen LogP contribution in [0.25, 0.3) is 0 Å². The van der Waals surface area contributed by atoms with Crippen molar-refractivity contribution in [3.63, 3.8) is 0 Å². The first-order valence-corrected chi connectivity index (χ1v) is 16.6. The Morgan fingerprint density at radius 2 is 1.55 bits per heavy atom. The van der Waals surface area contributed by atoms with E-state index in [1.165, 1.54) is 0 Å². The molecule has 0 aromatic heterocycles. The van der Waals surface area contributed by atoms with Gasteiger partial charge in [-0.3, -0.25) is 0 Å². The number of fused-ring (bicyclic) bond motifs is 5. The molecule has 2 bridgehead atoms. The van der Waals surface area contributed by atoms with Gasteiger partial charge in [-0.2, -0.15) is 0 Å². The molecule has 0 spiro atoms. The van der Waals surface area contributed by atoms with Crippen LogP contribution >= 0.6 is 0 Å². The Kier molecular flexibility index (Phi) is 6.91. The molecule has 9 nitrogen and oxygen atoms in total. The minimum atomic E-state index is -1.50. The normalized spacial score (nSPS) is 61.6. The fourth-order valence-corrected chi connectivity index (χ4v) is 13.0. The van der Waals surface area contributed by atoms with Crippen LogP contribution in [0.1, 0.15) is 86.0 Å². The number of hydrogen-bond acceptors (Lipinski definition) is 9. The first-order chi connectivity index (χ1) is 19.6. The molecule has 5 saturated carbocycles. The second kappa shape index (κ2) is 9.58. The van der Waals surface area contributed by atoms with Crippen LogP contribution in [0.4, 0.5) is 0 Å². The Hall–Kier alpha value is -0.360. The summed E-state index contributed by atoms with van der Waals surface area (Å²) in [5, 5.41) is 64.1. The lowest BCUT2D eigenvalue weighted by molar-refractivity contribution is -0.346. The van der Waals surface area contributed by atoms with E-state index in [4.69, 9.17) is 14.2 Å². The zero-order chi connectivity index (χ0) is 30.2. The Labute approximate surface area is 249 Å². The highest BCUT2D eigenvalue weighted by Gasteiger charge is 2.75. The van der Waals surface area contributed by atoms with Gasteiger partial charge in [-0.25, -0.2) is 0 Å². The van der Waals surface area contributed by atoms with Crippen molar-refractivity contribution in [2.24, 2.45) is 50.7 Å². The summed E-state index contributed by atoms with van der Waals surface area (Å²) in [6.45, 7) is 11.9. The molecule has 5 aliphatic carbocycles. The number of aliphatic hydroxyl groups excluding tert-OH is 6. The average molecular weight is 595 g/mol. The lowest BCUT2D eigenvalue weighted by Gasteiger charge is -2.73. The molecule has 0 aromatic carbocycles. The van der Waals surface area contributed by atoms with Gasteiger partial charge in [0.25, 0.3) is 0 Å². The maximum Gasteiger partial charge on any atom is 0.186 e. The van der Waals surface area contributed by atoms with E-state index in [2.05, 4.69) is 34.6 Å². The molecule has 6 N–H and O–H groups in total. The van der Waals surface area contributed by atoms with Gasteiger partial charge in [0, 0.05) is 5.41 Å². The molecule has 9 heteroatoms. The van der Waals surface area contributed by atoms with E-state index in [0.29, 0.717) is 17.8 Å². The Morgan fingerprint density at radius 1 is 0.810 bits per heavy atom. The van der Waals surface area contributed by atoms with E-state index in [9.17, 15) is 30.6 Å². The summed E-state index contributed by atoms with van der Waals surface area (Å²) in [6, 6.07) is 0. The number of rotatable bonds is 3. The van der Waals surface area contributed by atoms with E-state index < -0.39 is 48.8 Å². The van der Waals surface area contributed by atoms with Gasteiger partial charge >= 0.3 is 0 Å². The molecule has 0 radical (unpaired) electrons. The topological polar surface area (TPSA) is 149 Å². The van der Waals surface area contributed by atoms with Crippen LogP contribution in [0.3, 0.4) is 0 Å². The second-order valence-corrected chi connectivity index (χ2v) is 16.9. The third-order valence-corrected chi connectivity index (χ3v) is 15.1. The first kappa shape index (κ1) is 30.3. The van der Waals surface area contributed by atoms with Gasteiger partial charge in [0.2, 0.25) is 0 Å². The van der Waals surface area contributed by atoms with E-state index >= 15 is 0 Å². The average Bonchev–Trinajstić information content (AvgIpc) is 3.44. The molecule has 7 rings (SSSR count). The third-order valence-electron chi connectivity index (χ3n) is 15.1. The lowest BCUT2D eigenvalue weighted by atomic mass is 9.32. The summed E-state index contributed by atoms with van der Waals surface area (Å²) in [5.41, 5.74) is -0.633. The van der Waals surface area contributed by atoms with Crippen LogP contribution < -0.4 is 0 Å². The Balaban J connectivity index is 1.28. The highest BCUT2D eigenvalue weighted by Crippen LogP contribution is 2.78. The van der Waals surface area contributed by atoms with Gasteiger partial charge in [0.15, 0.2) is 6.29 Å². The molecular formula is C33H54O9. The highest BCUT2D eigenvalue weighted by atomic mass is 16.7. The van der Waals surface area contributed by atoms with Gasteiger partial charge in [-0.05, 0) is 96.7 Å². The van der Waals surface area contributed by atoms with Crippen molar-refractivity contribution < 1.29 is 44.8 Å². The van der Waals surface area contributed by atoms with Crippen LogP contribution in [0.5, 0.6) is 0 Å². The molecule has 17 atom stereocenters. The molecule has 0 amide bonds. The largest absolute Gasteiger partial charge is 0.394 e. The summed E-state index contributed by atoms with van der Waals surface area (Å²) in [6.07, 6.45) is -0.435. The zero-order valence-electron chi connectivity index (χ0n) is 26.0. The number of hydrogen-bond donors (Lipinski definition) is 6. The van der Waals surface area contributed by atoms with Crippen molar-refractivity contribution in [2.45, 2.75) is 141 Å². The van der Waals surface area contributed by atoms with E-state index in [0.717, 1.165) is 58.0 Å². The molecule has 7 aliphatic rings. The maximum atomic E-state index is 11.3. The molecule has 42 heavy (non-hydrogen) atoms. The smallest absolute Gasteiger partial charge is 0.186 e. The number of aliphatic hydroxyl groups is 6. The minimum Gasteiger partial charge on any atom is -0.394 e. The van der Waals surface area contributed by atoms with E-state index in [-0.39, 0.29) is 45.9 Å². The zero-order valence-corrected chi connectivity index (χ0v) is 26.0. The lowest BCUT2D eigenvalue weighted by Crippen LogP contribution is -2.70. The second-order valence-electron chi connectivity index (χ2n) is 16.9. The molecule has 7 fully saturated rings. The summed E-state index contributed by atoms with van der Waals surface area (Å²) < 4.78 is 19.0. The fraction of sp³-hybridized carbons (Fsp3) is 1.00. The molecule has 2 saturated heterocycles. The Morgan fingerprint density at radius 3 is 2.24 bits per heavy atom. The van der Waals surface area contributed by atoms with Crippen LogP contribution in [0.2, 0.25) is 0 Å². The summed E-state index contributed by atoms with van der Waals surface area (Å²) in [7, 11) is 0. The van der Waals surface area contributed by atoms with Gasteiger partial charge in [0.1, 0.15) is 24.4 Å². The molecule has 240 valence electrons. The maximum absolute atomic E-state index is 11.3. The van der Waals surface area contributed by atoms with Gasteiger partial charge in [-0.15, -0.1) is 0 Å². The summed E-state index contributed by atoms with van der Waals surface area (Å²) in [5.74, 6) is 1.19. The third kappa shape index (κ3) is 3.69. The predicted octanol–water partition coefficient (Wildman–Crippen LogP) is 1.98. The minimum absolute atomic E-state index is 0.00866. The van der Waals surface area contributed by atoms with E-state index in [1.807, 2.05) is 0 Å². The van der Waals surface area contributed by atoms with Crippen LogP contribution in [0.15, 0.2) is 0 Å². The Bertz CT molecular complexity index is 1070. The van der Waals surface area contributed by atoms with Crippen molar-refractivity contribution >= 4 is 0 Å². The van der Waals surface area contributed by atoms with Crippen molar-refractivity contribution in [3.8, 4) is 0 Å². The van der Waals surface area contributed by atoms with Crippen molar-refractivity contribution in [1.82, 2.24) is 0 Å². The molecule has 2 heterocycles. The van der Waals surface area contributed by atoms with Crippen molar-refractivity contribution in [3.05, 3.63) is 0 Å². The summed E-state index contributed by atoms with van der Waals surface area (Å²) >= 11 is 0. The predicted molar refractivity (Wildman–Crippen MR) is 152 cm³/mol. The van der Waals surface area contributed by atoms with Crippen LogP contribution in [0, 0.1) is 50.7 Å². The molecule has 2 unspecified atom stereocenters. The van der Waals surface area contributed by atoms with Gasteiger partial charge in [0.05, 0.1) is 37.6 Å². The molecular weight excluding hydrogens is 540 g/mol.